The Labute approximate surface area is 119 Å². The molecule has 4 heteroatoms. The van der Waals surface area contributed by atoms with Gasteiger partial charge in [0.25, 0.3) is 0 Å². The average Bonchev–Trinajstić information content (AvgIpc) is 2.62. The van der Waals surface area contributed by atoms with Crippen LogP contribution in [0.3, 0.4) is 0 Å². The highest BCUT2D eigenvalue weighted by Crippen LogP contribution is 2.22. The number of carbonyl (C=O) groups excluding carboxylic acids is 1. The van der Waals surface area contributed by atoms with Crippen LogP contribution < -0.4 is 0 Å². The Bertz CT molecular complexity index is 481. The molecule has 4 nitrogen and oxygen atoms in total. The number of amides is 1. The molecular weight excluding hydrogens is 254 g/mol. The van der Waals surface area contributed by atoms with Crippen LogP contribution in [0.5, 0.6) is 0 Å². The number of hydrogen-bond acceptors (Lipinski definition) is 2. The van der Waals surface area contributed by atoms with Gasteiger partial charge in [-0.2, -0.15) is 0 Å². The van der Waals surface area contributed by atoms with E-state index in [1.165, 1.54) is 0 Å². The van der Waals surface area contributed by atoms with Crippen molar-refractivity contribution in [2.45, 2.75) is 39.2 Å². The molecule has 1 aromatic rings. The summed E-state index contributed by atoms with van der Waals surface area (Å²) in [6, 6.07) is 6.77. The van der Waals surface area contributed by atoms with Gasteiger partial charge >= 0.3 is 5.97 Å². The number of likely N-dealkylation sites (tertiary alicyclic amines) is 1. The van der Waals surface area contributed by atoms with E-state index in [1.54, 1.807) is 24.3 Å². The normalized spacial score (nSPS) is 19.8. The first kappa shape index (κ1) is 14.6. The topological polar surface area (TPSA) is 57.6 Å². The van der Waals surface area contributed by atoms with Gasteiger partial charge in [-0.15, -0.1) is 0 Å². The Kier molecular flexibility index (Phi) is 4.77. The molecule has 1 fully saturated rings. The largest absolute Gasteiger partial charge is 0.478 e. The molecule has 1 amide bonds. The predicted octanol–water partition coefficient (Wildman–Crippen LogP) is 2.92. The summed E-state index contributed by atoms with van der Waals surface area (Å²) in [6.07, 6.45) is 3.82. The molecule has 1 atom stereocenters. The Morgan fingerprint density at radius 2 is 2.00 bits per heavy atom. The predicted molar refractivity (Wildman–Crippen MR) is 76.5 cm³/mol. The Morgan fingerprint density at radius 3 is 2.60 bits per heavy atom. The van der Waals surface area contributed by atoms with Crippen molar-refractivity contribution in [3.63, 3.8) is 0 Å². The minimum atomic E-state index is -0.923. The van der Waals surface area contributed by atoms with Crippen molar-refractivity contribution >= 4 is 11.9 Å². The first-order chi connectivity index (χ1) is 9.60. The van der Waals surface area contributed by atoms with Crippen molar-refractivity contribution in [1.29, 1.82) is 0 Å². The fourth-order valence-corrected chi connectivity index (χ4v) is 2.64. The lowest BCUT2D eigenvalue weighted by molar-refractivity contribution is -0.131. The van der Waals surface area contributed by atoms with Gasteiger partial charge in [-0.3, -0.25) is 4.79 Å². The van der Waals surface area contributed by atoms with E-state index in [2.05, 4.69) is 6.92 Å². The summed E-state index contributed by atoms with van der Waals surface area (Å²) in [5, 5.41) is 8.87. The maximum absolute atomic E-state index is 12.1. The number of hydrogen-bond donors (Lipinski definition) is 1. The molecule has 0 aliphatic carbocycles. The summed E-state index contributed by atoms with van der Waals surface area (Å²) >= 11 is 0. The molecule has 0 aromatic heterocycles. The maximum Gasteiger partial charge on any atom is 0.335 e. The van der Waals surface area contributed by atoms with E-state index in [9.17, 15) is 9.59 Å². The van der Waals surface area contributed by atoms with Crippen LogP contribution in [0, 0.1) is 5.92 Å². The van der Waals surface area contributed by atoms with Crippen molar-refractivity contribution in [1.82, 2.24) is 4.90 Å². The van der Waals surface area contributed by atoms with E-state index in [4.69, 9.17) is 5.11 Å². The number of aromatic carboxylic acids is 1. The van der Waals surface area contributed by atoms with Crippen LogP contribution >= 0.6 is 0 Å². The Hall–Kier alpha value is -1.84. The first-order valence-electron chi connectivity index (χ1n) is 7.20. The van der Waals surface area contributed by atoms with Crippen LogP contribution in [0.2, 0.25) is 0 Å². The zero-order chi connectivity index (χ0) is 14.5. The monoisotopic (exact) mass is 275 g/mol. The minimum absolute atomic E-state index is 0.211. The first-order valence-corrected chi connectivity index (χ1v) is 7.20. The lowest BCUT2D eigenvalue weighted by atomic mass is 9.98. The number of benzene rings is 1. The van der Waals surface area contributed by atoms with Crippen molar-refractivity contribution in [3.05, 3.63) is 35.4 Å². The van der Waals surface area contributed by atoms with Crippen LogP contribution in [-0.4, -0.2) is 28.4 Å². The molecule has 2 rings (SSSR count). The van der Waals surface area contributed by atoms with Crippen LogP contribution in [-0.2, 0) is 11.3 Å². The average molecular weight is 275 g/mol. The Morgan fingerprint density at radius 1 is 1.30 bits per heavy atom. The summed E-state index contributed by atoms with van der Waals surface area (Å²) < 4.78 is 0. The fourth-order valence-electron chi connectivity index (χ4n) is 2.64. The zero-order valence-electron chi connectivity index (χ0n) is 11.8. The van der Waals surface area contributed by atoms with E-state index in [0.29, 0.717) is 18.9 Å². The van der Waals surface area contributed by atoms with Crippen molar-refractivity contribution in [3.8, 4) is 0 Å². The molecular formula is C16H21NO3. The van der Waals surface area contributed by atoms with Crippen molar-refractivity contribution in [2.24, 2.45) is 5.92 Å². The third kappa shape index (κ3) is 3.59. The number of nitrogens with zero attached hydrogens (tertiary/aromatic N) is 1. The van der Waals surface area contributed by atoms with Gasteiger partial charge in [0, 0.05) is 19.5 Å². The van der Waals surface area contributed by atoms with Gasteiger partial charge in [0.1, 0.15) is 0 Å². The van der Waals surface area contributed by atoms with Crippen LogP contribution in [0.1, 0.15) is 48.5 Å². The summed E-state index contributed by atoms with van der Waals surface area (Å²) in [6.45, 7) is 3.56. The molecule has 0 bridgehead atoms. The number of carbonyl (C=O) groups is 2. The standard InChI is InChI=1S/C16H21NO3/c1-2-12-5-8-15(18)17(10-9-12)11-13-3-6-14(7-4-13)16(19)20/h3-4,6-7,12H,2,5,8-11H2,1H3,(H,19,20). The lowest BCUT2D eigenvalue weighted by Gasteiger charge is -2.21. The van der Waals surface area contributed by atoms with E-state index in [1.807, 2.05) is 4.90 Å². The summed E-state index contributed by atoms with van der Waals surface area (Å²) in [4.78, 5) is 24.8. The number of rotatable bonds is 4. The second-order valence-corrected chi connectivity index (χ2v) is 5.42. The molecule has 0 spiro atoms. The molecule has 1 unspecified atom stereocenters. The highest BCUT2D eigenvalue weighted by molar-refractivity contribution is 5.87. The summed E-state index contributed by atoms with van der Waals surface area (Å²) in [5.74, 6) is -0.0604. The molecule has 1 N–H and O–H groups in total. The quantitative estimate of drug-likeness (QED) is 0.919. The van der Waals surface area contributed by atoms with Gasteiger partial charge in [-0.25, -0.2) is 4.79 Å². The Balaban J connectivity index is 2.01. The number of carboxylic acids is 1. The molecule has 1 saturated heterocycles. The molecule has 20 heavy (non-hydrogen) atoms. The van der Waals surface area contributed by atoms with E-state index < -0.39 is 5.97 Å². The van der Waals surface area contributed by atoms with Gasteiger partial charge < -0.3 is 10.0 Å². The van der Waals surface area contributed by atoms with E-state index >= 15 is 0 Å². The molecule has 1 aliphatic rings. The molecule has 1 heterocycles. The molecule has 108 valence electrons. The van der Waals surface area contributed by atoms with Crippen LogP contribution in [0.15, 0.2) is 24.3 Å². The number of carboxylic acid groups (broad SMARTS) is 1. The van der Waals surface area contributed by atoms with E-state index in [0.717, 1.165) is 31.4 Å². The van der Waals surface area contributed by atoms with Gasteiger partial charge in [0.05, 0.1) is 5.56 Å². The highest BCUT2D eigenvalue weighted by Gasteiger charge is 2.21. The van der Waals surface area contributed by atoms with Gasteiger partial charge in [-0.1, -0.05) is 25.5 Å². The smallest absolute Gasteiger partial charge is 0.335 e. The molecule has 1 aliphatic heterocycles. The summed E-state index contributed by atoms with van der Waals surface area (Å²) in [5.41, 5.74) is 1.26. The SMILES string of the molecule is CCC1CCC(=O)N(Cc2ccc(C(=O)O)cc2)CC1. The second-order valence-electron chi connectivity index (χ2n) is 5.42. The molecule has 0 saturated carbocycles. The zero-order valence-corrected chi connectivity index (χ0v) is 11.8. The van der Waals surface area contributed by atoms with Crippen LogP contribution in [0.4, 0.5) is 0 Å². The second kappa shape index (κ2) is 6.55. The maximum atomic E-state index is 12.1. The van der Waals surface area contributed by atoms with Gasteiger partial charge in [-0.05, 0) is 36.5 Å². The summed E-state index contributed by atoms with van der Waals surface area (Å²) in [7, 11) is 0. The molecule has 1 aromatic carbocycles. The lowest BCUT2D eigenvalue weighted by Crippen LogP contribution is -2.29. The van der Waals surface area contributed by atoms with E-state index in [-0.39, 0.29) is 11.5 Å². The third-order valence-electron chi connectivity index (χ3n) is 4.08. The third-order valence-corrected chi connectivity index (χ3v) is 4.08. The van der Waals surface area contributed by atoms with Crippen molar-refractivity contribution in [2.75, 3.05) is 6.54 Å². The highest BCUT2D eigenvalue weighted by atomic mass is 16.4. The van der Waals surface area contributed by atoms with Crippen LogP contribution in [0.25, 0.3) is 0 Å². The van der Waals surface area contributed by atoms with Gasteiger partial charge in [0.15, 0.2) is 0 Å². The van der Waals surface area contributed by atoms with Crippen molar-refractivity contribution < 1.29 is 14.7 Å². The fraction of sp³-hybridized carbons (Fsp3) is 0.500. The molecule has 0 radical (unpaired) electrons. The van der Waals surface area contributed by atoms with Gasteiger partial charge in [0.2, 0.25) is 5.91 Å². The minimum Gasteiger partial charge on any atom is -0.478 e.